The largest absolute Gasteiger partial charge is 0.492 e. The average Bonchev–Trinajstić information content (AvgIpc) is 2.59. The fourth-order valence-corrected chi connectivity index (χ4v) is 3.00. The van der Waals surface area contributed by atoms with Crippen LogP contribution in [0.4, 0.5) is 0 Å². The molecule has 0 heterocycles. The Balaban J connectivity index is 1.76. The third kappa shape index (κ3) is 4.48. The smallest absolute Gasteiger partial charge is 0.240 e. The van der Waals surface area contributed by atoms with Gasteiger partial charge < -0.3 is 10.1 Å². The molecule has 1 amide bonds. The fourth-order valence-electron chi connectivity index (χ4n) is 3.00. The second kappa shape index (κ2) is 8.01. The summed E-state index contributed by atoms with van der Waals surface area (Å²) in [5.74, 6) is 1.16. The van der Waals surface area contributed by atoms with Crippen LogP contribution in [0.5, 0.6) is 5.75 Å². The molecule has 1 fully saturated rings. The van der Waals surface area contributed by atoms with Crippen molar-refractivity contribution in [1.29, 1.82) is 5.26 Å². The Hall–Kier alpha value is -2.02. The van der Waals surface area contributed by atoms with Gasteiger partial charge >= 0.3 is 0 Å². The zero-order valence-corrected chi connectivity index (χ0v) is 14.1. The minimum absolute atomic E-state index is 0.140. The van der Waals surface area contributed by atoms with Gasteiger partial charge in [-0.15, -0.1) is 0 Å². The van der Waals surface area contributed by atoms with Gasteiger partial charge in [0.1, 0.15) is 17.8 Å². The van der Waals surface area contributed by atoms with E-state index in [1.807, 2.05) is 12.1 Å². The summed E-state index contributed by atoms with van der Waals surface area (Å²) in [6, 6.07) is 10.3. The van der Waals surface area contributed by atoms with Gasteiger partial charge in [-0.2, -0.15) is 5.26 Å². The Kier molecular flexibility index (Phi) is 6.04. The van der Waals surface area contributed by atoms with Gasteiger partial charge in [-0.1, -0.05) is 45.2 Å². The Morgan fingerprint density at radius 3 is 2.48 bits per heavy atom. The molecule has 4 heteroatoms. The summed E-state index contributed by atoms with van der Waals surface area (Å²) >= 11 is 0. The van der Waals surface area contributed by atoms with E-state index in [0.29, 0.717) is 31.9 Å². The summed E-state index contributed by atoms with van der Waals surface area (Å²) in [4.78, 5) is 12.3. The number of benzene rings is 1. The lowest BCUT2D eigenvalue weighted by molar-refractivity contribution is -0.129. The summed E-state index contributed by atoms with van der Waals surface area (Å²) < 4.78 is 5.65. The number of carbonyl (C=O) groups is 1. The van der Waals surface area contributed by atoms with Crippen LogP contribution >= 0.6 is 0 Å². The van der Waals surface area contributed by atoms with E-state index < -0.39 is 5.41 Å². The molecule has 1 N–H and O–H groups in total. The monoisotopic (exact) mass is 314 g/mol. The van der Waals surface area contributed by atoms with Crippen molar-refractivity contribution in [3.8, 4) is 11.8 Å². The number of nitrogens with zero attached hydrogens (tertiary/aromatic N) is 1. The van der Waals surface area contributed by atoms with Crippen molar-refractivity contribution in [2.45, 2.75) is 51.9 Å². The predicted octanol–water partition coefficient (Wildman–Crippen LogP) is 3.78. The minimum Gasteiger partial charge on any atom is -0.492 e. The highest BCUT2D eigenvalue weighted by atomic mass is 16.5. The molecule has 1 saturated carbocycles. The molecule has 0 unspecified atom stereocenters. The molecule has 4 nitrogen and oxygen atoms in total. The number of amides is 1. The molecule has 2 rings (SSSR count). The topological polar surface area (TPSA) is 62.1 Å². The molecule has 1 aliphatic rings. The maximum absolute atomic E-state index is 12.3. The molecule has 0 aliphatic heterocycles. The number of carbonyl (C=O) groups excluding carboxylic acids is 1. The van der Waals surface area contributed by atoms with Crippen molar-refractivity contribution in [1.82, 2.24) is 5.32 Å². The van der Waals surface area contributed by atoms with Crippen LogP contribution in [-0.2, 0) is 4.79 Å². The van der Waals surface area contributed by atoms with Crippen LogP contribution in [0, 0.1) is 16.7 Å². The van der Waals surface area contributed by atoms with Crippen LogP contribution in [0.15, 0.2) is 24.3 Å². The first-order valence-corrected chi connectivity index (χ1v) is 8.50. The molecule has 1 aromatic rings. The molecule has 124 valence electrons. The van der Waals surface area contributed by atoms with Crippen LogP contribution in [0.3, 0.4) is 0 Å². The number of hydrogen-bond donors (Lipinski definition) is 1. The molecule has 0 radical (unpaired) electrons. The van der Waals surface area contributed by atoms with E-state index in [9.17, 15) is 10.1 Å². The molecular formula is C19H26N2O2. The average molecular weight is 314 g/mol. The lowest BCUT2D eigenvalue weighted by Gasteiger charge is -2.29. The van der Waals surface area contributed by atoms with Crippen molar-refractivity contribution in [2.24, 2.45) is 5.41 Å². The Bertz CT molecular complexity index is 552. The Morgan fingerprint density at radius 2 is 1.91 bits per heavy atom. The number of ether oxygens (including phenoxy) is 1. The van der Waals surface area contributed by atoms with Crippen LogP contribution in [0.2, 0.25) is 0 Å². The van der Waals surface area contributed by atoms with Gasteiger partial charge in [0.2, 0.25) is 5.91 Å². The van der Waals surface area contributed by atoms with Crippen LogP contribution < -0.4 is 10.1 Å². The van der Waals surface area contributed by atoms with E-state index in [1.165, 1.54) is 5.56 Å². The van der Waals surface area contributed by atoms with Gasteiger partial charge in [-0.3, -0.25) is 4.79 Å². The van der Waals surface area contributed by atoms with E-state index in [0.717, 1.165) is 25.0 Å². The van der Waals surface area contributed by atoms with Gasteiger partial charge in [-0.05, 0) is 36.5 Å². The zero-order valence-electron chi connectivity index (χ0n) is 14.1. The second-order valence-corrected chi connectivity index (χ2v) is 6.58. The lowest BCUT2D eigenvalue weighted by atomic mass is 9.74. The maximum Gasteiger partial charge on any atom is 0.240 e. The van der Waals surface area contributed by atoms with Gasteiger partial charge in [0.15, 0.2) is 0 Å². The minimum atomic E-state index is -0.822. The number of hydrogen-bond acceptors (Lipinski definition) is 3. The zero-order chi connectivity index (χ0) is 16.7. The van der Waals surface area contributed by atoms with Crippen LogP contribution in [-0.4, -0.2) is 19.1 Å². The van der Waals surface area contributed by atoms with Crippen molar-refractivity contribution < 1.29 is 9.53 Å². The summed E-state index contributed by atoms with van der Waals surface area (Å²) in [6.07, 6.45) is 4.38. The van der Waals surface area contributed by atoms with Gasteiger partial charge in [0.05, 0.1) is 12.6 Å². The summed E-state index contributed by atoms with van der Waals surface area (Å²) in [5, 5.41) is 12.2. The van der Waals surface area contributed by atoms with E-state index in [1.54, 1.807) is 0 Å². The lowest BCUT2D eigenvalue weighted by Crippen LogP contribution is -2.42. The number of nitrogens with one attached hydrogen (secondary N) is 1. The molecule has 0 aromatic heterocycles. The molecule has 0 bridgehead atoms. The van der Waals surface area contributed by atoms with Gasteiger partial charge in [-0.25, -0.2) is 0 Å². The van der Waals surface area contributed by atoms with Crippen molar-refractivity contribution >= 4 is 5.91 Å². The first-order valence-electron chi connectivity index (χ1n) is 8.50. The molecule has 23 heavy (non-hydrogen) atoms. The van der Waals surface area contributed by atoms with Crippen LogP contribution in [0.25, 0.3) is 0 Å². The SMILES string of the molecule is CC(C)c1ccc(OCCNC(=O)C2(C#N)CCCCC2)cc1. The van der Waals surface area contributed by atoms with Crippen LogP contribution in [0.1, 0.15) is 57.4 Å². The summed E-state index contributed by atoms with van der Waals surface area (Å²) in [6.45, 7) is 5.14. The van der Waals surface area contributed by atoms with E-state index in [4.69, 9.17) is 4.74 Å². The van der Waals surface area contributed by atoms with Crippen molar-refractivity contribution in [3.63, 3.8) is 0 Å². The summed E-state index contributed by atoms with van der Waals surface area (Å²) in [5.41, 5.74) is 0.455. The fraction of sp³-hybridized carbons (Fsp3) is 0.579. The quantitative estimate of drug-likeness (QED) is 0.813. The van der Waals surface area contributed by atoms with E-state index in [-0.39, 0.29) is 5.91 Å². The highest BCUT2D eigenvalue weighted by Crippen LogP contribution is 2.35. The Morgan fingerprint density at radius 1 is 1.26 bits per heavy atom. The normalized spacial score (nSPS) is 16.6. The highest BCUT2D eigenvalue weighted by Gasteiger charge is 2.39. The first-order chi connectivity index (χ1) is 11.1. The molecule has 1 aromatic carbocycles. The third-order valence-electron chi connectivity index (χ3n) is 4.56. The molecule has 1 aliphatic carbocycles. The molecule has 0 spiro atoms. The van der Waals surface area contributed by atoms with E-state index in [2.05, 4.69) is 37.4 Å². The predicted molar refractivity (Wildman–Crippen MR) is 90.2 cm³/mol. The Labute approximate surface area is 138 Å². The number of nitriles is 1. The second-order valence-electron chi connectivity index (χ2n) is 6.58. The number of rotatable bonds is 6. The molecule has 0 atom stereocenters. The van der Waals surface area contributed by atoms with Crippen molar-refractivity contribution in [2.75, 3.05) is 13.2 Å². The summed E-state index contributed by atoms with van der Waals surface area (Å²) in [7, 11) is 0. The highest BCUT2D eigenvalue weighted by molar-refractivity contribution is 5.85. The standard InChI is InChI=1S/C19H26N2O2/c1-15(2)16-6-8-17(9-7-16)23-13-12-21-18(22)19(14-20)10-4-3-5-11-19/h6-9,15H,3-5,10-13H2,1-2H3,(H,21,22). The maximum atomic E-state index is 12.3. The van der Waals surface area contributed by atoms with E-state index >= 15 is 0 Å². The molecule has 0 saturated heterocycles. The van der Waals surface area contributed by atoms with Gasteiger partial charge in [0, 0.05) is 0 Å². The third-order valence-corrected chi connectivity index (χ3v) is 4.56. The first kappa shape index (κ1) is 17.3. The molecular weight excluding hydrogens is 288 g/mol. The van der Waals surface area contributed by atoms with Crippen molar-refractivity contribution in [3.05, 3.63) is 29.8 Å². The van der Waals surface area contributed by atoms with Gasteiger partial charge in [0.25, 0.3) is 0 Å².